The van der Waals surface area contributed by atoms with E-state index in [0.717, 1.165) is 0 Å². The van der Waals surface area contributed by atoms with Crippen LogP contribution in [0.25, 0.3) is 0 Å². The Balaban J connectivity index is 1.46. The number of aromatic nitrogens is 4. The summed E-state index contributed by atoms with van der Waals surface area (Å²) in [5, 5.41) is 32.3. The number of hydrogen-bond donors (Lipinski definition) is 4. The quantitative estimate of drug-likeness (QED) is 0.230. The molecule has 1 aromatic carbocycles. The second-order valence-electron chi connectivity index (χ2n) is 7.12. The Bertz CT molecular complexity index is 1120. The fourth-order valence-corrected chi connectivity index (χ4v) is 5.58. The highest BCUT2D eigenvalue weighted by molar-refractivity contribution is 8.01. The summed E-state index contributed by atoms with van der Waals surface area (Å²) >= 11 is 2.64. The number of phenolic OH excluding ortho intramolecular Hbond substituents is 1. The van der Waals surface area contributed by atoms with Gasteiger partial charge in [-0.1, -0.05) is 23.9 Å². The number of carbonyl (C=O) groups excluding carboxylic acids is 2. The van der Waals surface area contributed by atoms with Crippen LogP contribution in [0.2, 0.25) is 0 Å². The fraction of sp³-hybridized carbons (Fsp3) is 0.333. The van der Waals surface area contributed by atoms with E-state index in [1.54, 1.807) is 7.05 Å². The fourth-order valence-electron chi connectivity index (χ4n) is 3.28. The second-order valence-corrected chi connectivity index (χ2v) is 9.16. The lowest BCUT2D eigenvalue weighted by Gasteiger charge is -2.49. The number of nitrogens with one attached hydrogen (secondary N) is 1. The third-order valence-corrected chi connectivity index (χ3v) is 7.40. The first-order valence-corrected chi connectivity index (χ1v) is 11.6. The number of tetrazole rings is 1. The molecule has 0 spiro atoms. The Kier molecular flexibility index (Phi) is 6.44. The summed E-state index contributed by atoms with van der Waals surface area (Å²) in [4.78, 5) is 37.9. The van der Waals surface area contributed by atoms with Gasteiger partial charge in [-0.3, -0.25) is 14.5 Å². The van der Waals surface area contributed by atoms with Crippen LogP contribution in [0.15, 0.2) is 40.9 Å². The van der Waals surface area contributed by atoms with Gasteiger partial charge in [0.2, 0.25) is 16.9 Å². The zero-order valence-corrected chi connectivity index (χ0v) is 18.7. The standard InChI is InChI=1S/C18H19N7O6S2/c1-24-17(21-22-23-24)33-7-9-6-32-16-12(14(28)25(16)15(9)31-18(29)30)20-13(27)11(19)8-2-4-10(26)5-3-8/h2-5,11-12,16,26H,6-7,19H2,1H3,(H,20,27)(H,29,30)/t11?,12?,16-/m0/s1. The number of hydrogen-bond acceptors (Lipinski definition) is 11. The summed E-state index contributed by atoms with van der Waals surface area (Å²) in [6.07, 6.45) is -1.55. The molecule has 0 aliphatic carbocycles. The normalized spacial score (nSPS) is 20.7. The molecule has 1 saturated heterocycles. The molecule has 174 valence electrons. The number of aromatic hydroxyl groups is 1. The number of carbonyl (C=O) groups is 3. The zero-order valence-electron chi connectivity index (χ0n) is 17.1. The average Bonchev–Trinajstić information content (AvgIpc) is 3.20. The first-order valence-electron chi connectivity index (χ1n) is 9.53. The van der Waals surface area contributed by atoms with Gasteiger partial charge in [-0.25, -0.2) is 9.48 Å². The van der Waals surface area contributed by atoms with Crippen LogP contribution in [0.1, 0.15) is 11.6 Å². The Morgan fingerprint density at radius 3 is 2.76 bits per heavy atom. The maximum Gasteiger partial charge on any atom is 0.512 e. The van der Waals surface area contributed by atoms with Gasteiger partial charge in [0.1, 0.15) is 23.2 Å². The number of thioether (sulfide) groups is 2. The summed E-state index contributed by atoms with van der Waals surface area (Å²) in [6, 6.07) is 3.93. The van der Waals surface area contributed by atoms with E-state index in [1.165, 1.54) is 57.4 Å². The third-order valence-electron chi connectivity index (χ3n) is 4.97. The van der Waals surface area contributed by atoms with Crippen molar-refractivity contribution in [2.24, 2.45) is 12.8 Å². The average molecular weight is 494 g/mol. The molecule has 0 bridgehead atoms. The van der Waals surface area contributed by atoms with Crippen LogP contribution >= 0.6 is 23.5 Å². The molecule has 3 heterocycles. The molecule has 0 radical (unpaired) electrons. The Morgan fingerprint density at radius 2 is 2.12 bits per heavy atom. The van der Waals surface area contributed by atoms with E-state index in [9.17, 15) is 24.6 Å². The van der Waals surface area contributed by atoms with E-state index in [-0.39, 0.29) is 11.6 Å². The largest absolute Gasteiger partial charge is 0.512 e. The molecular formula is C18H19N7O6S2. The van der Waals surface area contributed by atoms with E-state index in [0.29, 0.717) is 27.8 Å². The second kappa shape index (κ2) is 9.29. The topological polar surface area (TPSA) is 186 Å². The number of benzene rings is 1. The van der Waals surface area contributed by atoms with Gasteiger partial charge in [0.25, 0.3) is 5.91 Å². The molecule has 13 nitrogen and oxygen atoms in total. The van der Waals surface area contributed by atoms with Crippen molar-refractivity contribution >= 4 is 41.5 Å². The number of rotatable bonds is 7. The monoisotopic (exact) mass is 493 g/mol. The molecule has 2 amide bonds. The minimum absolute atomic E-state index is 0.0388. The SMILES string of the molecule is Cn1nnnc1SCC1=C(OC(=O)O)N2C(=O)C(NC(=O)C(N)c3ccc(O)cc3)[C@@H]2SC1. The lowest BCUT2D eigenvalue weighted by molar-refractivity contribution is -0.149. The first-order chi connectivity index (χ1) is 15.8. The number of carboxylic acid groups (broad SMARTS) is 1. The molecule has 33 heavy (non-hydrogen) atoms. The van der Waals surface area contributed by atoms with Crippen LogP contribution in [0.4, 0.5) is 4.79 Å². The minimum Gasteiger partial charge on any atom is -0.508 e. The highest BCUT2D eigenvalue weighted by Gasteiger charge is 2.54. The van der Waals surface area contributed by atoms with E-state index < -0.39 is 35.4 Å². The Hall–Kier alpha value is -3.30. The number of aryl methyl sites for hydroxylation is 1. The maximum absolute atomic E-state index is 12.8. The van der Waals surface area contributed by atoms with E-state index in [2.05, 4.69) is 20.8 Å². The van der Waals surface area contributed by atoms with Gasteiger partial charge in [0.15, 0.2) is 0 Å². The lowest BCUT2D eigenvalue weighted by atomic mass is 10.0. The molecule has 3 atom stereocenters. The van der Waals surface area contributed by atoms with Gasteiger partial charge in [0, 0.05) is 24.1 Å². The molecular weight excluding hydrogens is 474 g/mol. The number of fused-ring (bicyclic) bond motifs is 1. The first kappa shape index (κ1) is 22.9. The van der Waals surface area contributed by atoms with Crippen molar-refractivity contribution in [1.82, 2.24) is 30.4 Å². The van der Waals surface area contributed by atoms with Gasteiger partial charge < -0.3 is 26.0 Å². The molecule has 1 aromatic heterocycles. The number of phenols is 1. The molecule has 0 saturated carbocycles. The van der Waals surface area contributed by atoms with E-state index in [4.69, 9.17) is 10.5 Å². The molecule has 2 aliphatic heterocycles. The molecule has 2 unspecified atom stereocenters. The highest BCUT2D eigenvalue weighted by atomic mass is 32.2. The van der Waals surface area contributed by atoms with Crippen molar-refractivity contribution < 1.29 is 29.3 Å². The van der Waals surface area contributed by atoms with Crippen molar-refractivity contribution in [1.29, 1.82) is 0 Å². The van der Waals surface area contributed by atoms with Gasteiger partial charge in [-0.15, -0.1) is 16.9 Å². The van der Waals surface area contributed by atoms with Crippen molar-refractivity contribution in [2.75, 3.05) is 11.5 Å². The van der Waals surface area contributed by atoms with Gasteiger partial charge in [-0.2, -0.15) is 0 Å². The van der Waals surface area contributed by atoms with Crippen LogP contribution in [0, 0.1) is 0 Å². The Morgan fingerprint density at radius 1 is 1.39 bits per heavy atom. The molecule has 5 N–H and O–H groups in total. The van der Waals surface area contributed by atoms with Gasteiger partial charge in [-0.05, 0) is 28.1 Å². The van der Waals surface area contributed by atoms with Crippen molar-refractivity contribution in [3.8, 4) is 5.75 Å². The smallest absolute Gasteiger partial charge is 0.508 e. The maximum atomic E-state index is 12.8. The van der Waals surface area contributed by atoms with Crippen LogP contribution in [-0.4, -0.2) is 76.2 Å². The van der Waals surface area contributed by atoms with Crippen LogP contribution < -0.4 is 11.1 Å². The molecule has 2 aromatic rings. The van der Waals surface area contributed by atoms with Crippen molar-refractivity contribution in [3.05, 3.63) is 41.3 Å². The summed E-state index contributed by atoms with van der Waals surface area (Å²) in [7, 11) is 1.67. The molecule has 1 fully saturated rings. The van der Waals surface area contributed by atoms with Gasteiger partial charge in [0.05, 0.1) is 0 Å². The lowest BCUT2D eigenvalue weighted by Crippen LogP contribution is -2.70. The van der Waals surface area contributed by atoms with Crippen LogP contribution in [-0.2, 0) is 21.4 Å². The predicted molar refractivity (Wildman–Crippen MR) is 116 cm³/mol. The molecule has 15 heteroatoms. The third kappa shape index (κ3) is 4.60. The minimum atomic E-state index is -1.55. The summed E-state index contributed by atoms with van der Waals surface area (Å²) < 4.78 is 6.42. The summed E-state index contributed by atoms with van der Waals surface area (Å²) in [5.41, 5.74) is 7.04. The molecule has 4 rings (SSSR count). The summed E-state index contributed by atoms with van der Waals surface area (Å²) in [6.45, 7) is 0. The number of amides is 2. The van der Waals surface area contributed by atoms with Crippen molar-refractivity contribution in [2.45, 2.75) is 22.6 Å². The van der Waals surface area contributed by atoms with Crippen molar-refractivity contribution in [3.63, 3.8) is 0 Å². The Labute approximate surface area is 195 Å². The predicted octanol–water partition coefficient (Wildman–Crippen LogP) is 0.0139. The number of nitrogens with zero attached hydrogens (tertiary/aromatic N) is 5. The highest BCUT2D eigenvalue weighted by Crippen LogP contribution is 2.42. The number of nitrogens with two attached hydrogens (primary N) is 1. The summed E-state index contributed by atoms with van der Waals surface area (Å²) in [5.74, 6) is -0.406. The number of ether oxygens (including phenoxy) is 1. The number of β-lactam (4-membered cyclic amide) rings is 1. The zero-order chi connectivity index (χ0) is 23.7. The molecule has 2 aliphatic rings. The van der Waals surface area contributed by atoms with Crippen LogP contribution in [0.5, 0.6) is 5.75 Å². The van der Waals surface area contributed by atoms with Crippen LogP contribution in [0.3, 0.4) is 0 Å². The van der Waals surface area contributed by atoms with Gasteiger partial charge >= 0.3 is 6.16 Å². The van der Waals surface area contributed by atoms with E-state index >= 15 is 0 Å². The van der Waals surface area contributed by atoms with E-state index in [1.807, 2.05) is 0 Å².